The van der Waals surface area contributed by atoms with Crippen LogP contribution < -0.4 is 11.0 Å². The minimum atomic E-state index is -0.253. The van der Waals surface area contributed by atoms with Gasteiger partial charge in [-0.05, 0) is 23.8 Å². The Kier molecular flexibility index (Phi) is 6.12. The van der Waals surface area contributed by atoms with E-state index in [4.69, 9.17) is 0 Å². The zero-order valence-electron chi connectivity index (χ0n) is 20.4. The molecule has 1 fully saturated rings. The number of fused-ring (bicyclic) bond motifs is 1. The Labute approximate surface area is 214 Å². The fourth-order valence-electron chi connectivity index (χ4n) is 5.07. The van der Waals surface area contributed by atoms with Crippen molar-refractivity contribution in [2.75, 3.05) is 26.2 Å². The lowest BCUT2D eigenvalue weighted by atomic mass is 10.1. The van der Waals surface area contributed by atoms with Gasteiger partial charge in [0.1, 0.15) is 5.69 Å². The second kappa shape index (κ2) is 9.87. The van der Waals surface area contributed by atoms with Gasteiger partial charge in [0, 0.05) is 43.3 Å². The second-order valence-electron chi connectivity index (χ2n) is 9.14. The lowest BCUT2D eigenvalue weighted by Gasteiger charge is -2.28. The molecule has 7 heteroatoms. The van der Waals surface area contributed by atoms with Crippen LogP contribution in [0.4, 0.5) is 0 Å². The minimum Gasteiger partial charge on any atom is -0.335 e. The van der Waals surface area contributed by atoms with Crippen molar-refractivity contribution in [3.05, 3.63) is 119 Å². The van der Waals surface area contributed by atoms with Gasteiger partial charge in [-0.25, -0.2) is 4.79 Å². The summed E-state index contributed by atoms with van der Waals surface area (Å²) in [6, 6.07) is 29.1. The lowest BCUT2D eigenvalue weighted by Crippen LogP contribution is -2.47. The van der Waals surface area contributed by atoms with Crippen molar-refractivity contribution < 1.29 is 4.79 Å². The summed E-state index contributed by atoms with van der Waals surface area (Å²) in [6.45, 7) is 2.87. The standard InChI is InChI=1S/C30H27N5O2/c36-29(33-19-17-31-18-20-33)28-27(23-9-3-1-4-10-23)35(25-14-5-2-6-15-25)30(37)34(28)21-24-12-7-11-22-13-8-16-32-26(22)24/h1-16,31H,17-21H2. The van der Waals surface area contributed by atoms with Gasteiger partial charge in [0.25, 0.3) is 5.91 Å². The van der Waals surface area contributed by atoms with Crippen molar-refractivity contribution in [3.63, 3.8) is 0 Å². The van der Waals surface area contributed by atoms with Crippen molar-refractivity contribution in [3.8, 4) is 16.9 Å². The van der Waals surface area contributed by atoms with Crippen LogP contribution in [0.2, 0.25) is 0 Å². The first-order valence-electron chi connectivity index (χ1n) is 12.5. The number of piperazine rings is 1. The normalized spacial score (nSPS) is 13.7. The summed E-state index contributed by atoms with van der Waals surface area (Å²) in [6.07, 6.45) is 1.76. The van der Waals surface area contributed by atoms with Crippen LogP contribution in [0.5, 0.6) is 0 Å². The molecule has 5 aromatic rings. The fourth-order valence-corrected chi connectivity index (χ4v) is 5.07. The molecular weight excluding hydrogens is 462 g/mol. The second-order valence-corrected chi connectivity index (χ2v) is 9.14. The Bertz CT molecular complexity index is 1610. The number of amides is 1. The van der Waals surface area contributed by atoms with E-state index in [1.54, 1.807) is 15.3 Å². The van der Waals surface area contributed by atoms with Gasteiger partial charge in [-0.1, -0.05) is 72.8 Å². The Morgan fingerprint density at radius 3 is 2.30 bits per heavy atom. The van der Waals surface area contributed by atoms with Crippen molar-refractivity contribution in [2.45, 2.75) is 6.54 Å². The summed E-state index contributed by atoms with van der Waals surface area (Å²) in [5, 5.41) is 4.30. The summed E-state index contributed by atoms with van der Waals surface area (Å²) in [7, 11) is 0. The molecule has 1 N–H and O–H groups in total. The number of nitrogens with one attached hydrogen (secondary N) is 1. The van der Waals surface area contributed by atoms with E-state index in [0.29, 0.717) is 24.5 Å². The molecule has 0 saturated carbocycles. The highest BCUT2D eigenvalue weighted by Crippen LogP contribution is 2.29. The van der Waals surface area contributed by atoms with Gasteiger partial charge < -0.3 is 10.2 Å². The highest BCUT2D eigenvalue weighted by atomic mass is 16.2. The van der Waals surface area contributed by atoms with Crippen LogP contribution in [0.15, 0.2) is 102 Å². The molecule has 1 amide bonds. The third kappa shape index (κ3) is 4.23. The molecule has 37 heavy (non-hydrogen) atoms. The average molecular weight is 490 g/mol. The van der Waals surface area contributed by atoms with E-state index in [1.807, 2.05) is 95.9 Å². The molecule has 0 atom stereocenters. The van der Waals surface area contributed by atoms with Crippen LogP contribution >= 0.6 is 0 Å². The number of imidazole rings is 1. The van der Waals surface area contributed by atoms with Crippen LogP contribution in [0.3, 0.4) is 0 Å². The van der Waals surface area contributed by atoms with E-state index in [-0.39, 0.29) is 18.1 Å². The number of hydrogen-bond donors (Lipinski definition) is 1. The molecule has 1 saturated heterocycles. The first kappa shape index (κ1) is 22.9. The van der Waals surface area contributed by atoms with Crippen molar-refractivity contribution in [1.82, 2.24) is 24.3 Å². The number of hydrogen-bond acceptors (Lipinski definition) is 4. The zero-order chi connectivity index (χ0) is 25.2. The number of rotatable bonds is 5. The molecule has 0 unspecified atom stereocenters. The molecule has 6 rings (SSSR count). The first-order chi connectivity index (χ1) is 18.2. The number of carbonyl (C=O) groups excluding carboxylic acids is 1. The van der Waals surface area contributed by atoms with Crippen LogP contribution in [0.1, 0.15) is 16.1 Å². The van der Waals surface area contributed by atoms with Gasteiger partial charge in [0.15, 0.2) is 0 Å². The molecule has 0 radical (unpaired) electrons. The zero-order valence-corrected chi connectivity index (χ0v) is 20.4. The maximum Gasteiger partial charge on any atom is 0.334 e. The van der Waals surface area contributed by atoms with E-state index in [1.165, 1.54) is 0 Å². The Morgan fingerprint density at radius 2 is 1.54 bits per heavy atom. The van der Waals surface area contributed by atoms with Gasteiger partial charge in [0.2, 0.25) is 0 Å². The van der Waals surface area contributed by atoms with Crippen LogP contribution in [-0.2, 0) is 6.54 Å². The predicted octanol–water partition coefficient (Wildman–Crippen LogP) is 3.95. The number of benzene rings is 3. The monoisotopic (exact) mass is 489 g/mol. The molecule has 1 aliphatic rings. The molecule has 184 valence electrons. The quantitative estimate of drug-likeness (QED) is 0.406. The number of pyridine rings is 1. The molecule has 3 heterocycles. The minimum absolute atomic E-state index is 0.139. The summed E-state index contributed by atoms with van der Waals surface area (Å²) in [4.78, 5) is 34.8. The summed E-state index contributed by atoms with van der Waals surface area (Å²) in [5.74, 6) is -0.139. The van der Waals surface area contributed by atoms with E-state index in [0.717, 1.165) is 40.8 Å². The molecule has 7 nitrogen and oxygen atoms in total. The number of carbonyl (C=O) groups is 1. The van der Waals surface area contributed by atoms with Gasteiger partial charge in [-0.3, -0.25) is 18.9 Å². The van der Waals surface area contributed by atoms with Gasteiger partial charge in [-0.2, -0.15) is 0 Å². The first-order valence-corrected chi connectivity index (χ1v) is 12.5. The molecule has 0 aliphatic carbocycles. The maximum absolute atomic E-state index is 14.2. The predicted molar refractivity (Wildman–Crippen MR) is 145 cm³/mol. The van der Waals surface area contributed by atoms with E-state index in [2.05, 4.69) is 10.3 Å². The van der Waals surface area contributed by atoms with E-state index in [9.17, 15) is 9.59 Å². The third-order valence-electron chi connectivity index (χ3n) is 6.85. The highest BCUT2D eigenvalue weighted by molar-refractivity contribution is 5.99. The van der Waals surface area contributed by atoms with Crippen molar-refractivity contribution >= 4 is 16.8 Å². The lowest BCUT2D eigenvalue weighted by molar-refractivity contribution is 0.0726. The van der Waals surface area contributed by atoms with Gasteiger partial charge >= 0.3 is 5.69 Å². The number of aromatic nitrogens is 3. The van der Waals surface area contributed by atoms with Crippen LogP contribution in [-0.4, -0.2) is 51.1 Å². The highest BCUT2D eigenvalue weighted by Gasteiger charge is 2.31. The van der Waals surface area contributed by atoms with Gasteiger partial charge in [-0.15, -0.1) is 0 Å². The summed E-state index contributed by atoms with van der Waals surface area (Å²) >= 11 is 0. The van der Waals surface area contributed by atoms with Crippen LogP contribution in [0, 0.1) is 0 Å². The SMILES string of the molecule is O=C(c1c(-c2ccccc2)n(-c2ccccc2)c(=O)n1Cc1cccc2cccnc12)N1CCNCC1. The molecule has 3 aromatic carbocycles. The largest absolute Gasteiger partial charge is 0.335 e. The Hall–Kier alpha value is -4.49. The topological polar surface area (TPSA) is 72.2 Å². The van der Waals surface area contributed by atoms with E-state index < -0.39 is 0 Å². The molecule has 0 spiro atoms. The van der Waals surface area contributed by atoms with Gasteiger partial charge in [0.05, 0.1) is 23.4 Å². The smallest absolute Gasteiger partial charge is 0.334 e. The fraction of sp³-hybridized carbons (Fsp3) is 0.167. The molecule has 1 aliphatic heterocycles. The summed E-state index contributed by atoms with van der Waals surface area (Å²) in [5.41, 5.74) is 4.00. The van der Waals surface area contributed by atoms with Crippen molar-refractivity contribution in [2.24, 2.45) is 0 Å². The van der Waals surface area contributed by atoms with E-state index >= 15 is 0 Å². The molecule has 0 bridgehead atoms. The third-order valence-corrected chi connectivity index (χ3v) is 6.85. The summed E-state index contributed by atoms with van der Waals surface area (Å²) < 4.78 is 3.30. The Balaban J connectivity index is 1.63. The molecular formula is C30H27N5O2. The van der Waals surface area contributed by atoms with Crippen molar-refractivity contribution in [1.29, 1.82) is 0 Å². The molecule has 2 aromatic heterocycles. The number of nitrogens with zero attached hydrogens (tertiary/aromatic N) is 4. The van der Waals surface area contributed by atoms with Crippen LogP contribution in [0.25, 0.3) is 27.8 Å². The Morgan fingerprint density at radius 1 is 0.838 bits per heavy atom. The average Bonchev–Trinajstić information content (AvgIpc) is 3.25. The number of para-hydroxylation sites is 2. The maximum atomic E-state index is 14.2.